The van der Waals surface area contributed by atoms with Gasteiger partial charge >= 0.3 is 6.03 Å². The minimum Gasteiger partial charge on any atom is -0.488 e. The number of carbonyl (C=O) groups is 2. The third-order valence-corrected chi connectivity index (χ3v) is 6.99. The smallest absolute Gasteiger partial charge is 0.323 e. The van der Waals surface area contributed by atoms with Crippen molar-refractivity contribution in [1.29, 1.82) is 0 Å². The highest BCUT2D eigenvalue weighted by atomic mass is 16.5. The molecule has 8 heteroatoms. The summed E-state index contributed by atoms with van der Waals surface area (Å²) in [5.74, 6) is 0.555. The molecule has 0 unspecified atom stereocenters. The normalized spacial score (nSPS) is 18.3. The Morgan fingerprint density at radius 1 is 1.05 bits per heavy atom. The van der Waals surface area contributed by atoms with Gasteiger partial charge in [0, 0.05) is 42.5 Å². The number of hydrogen-bond acceptors (Lipinski definition) is 5. The first-order chi connectivity index (χ1) is 18.8. The zero-order valence-corrected chi connectivity index (χ0v) is 22.8. The Bertz CT molecular complexity index is 1240. The van der Waals surface area contributed by atoms with Crippen molar-refractivity contribution < 1.29 is 19.4 Å². The van der Waals surface area contributed by atoms with E-state index in [1.54, 1.807) is 17.0 Å². The van der Waals surface area contributed by atoms with Gasteiger partial charge in [0.05, 0.1) is 19.1 Å². The van der Waals surface area contributed by atoms with Gasteiger partial charge in [-0.1, -0.05) is 55.5 Å². The number of aliphatic hydroxyl groups excluding tert-OH is 1. The van der Waals surface area contributed by atoms with Gasteiger partial charge in [-0.3, -0.25) is 9.69 Å². The van der Waals surface area contributed by atoms with Crippen molar-refractivity contribution in [3.63, 3.8) is 0 Å². The van der Waals surface area contributed by atoms with Crippen LogP contribution in [0.25, 0.3) is 0 Å². The number of fused-ring (bicyclic) bond motifs is 1. The molecule has 0 aliphatic carbocycles. The minimum atomic E-state index is -0.374. The number of rotatable bonds is 8. The van der Waals surface area contributed by atoms with Crippen LogP contribution in [0.5, 0.6) is 5.75 Å². The van der Waals surface area contributed by atoms with Crippen molar-refractivity contribution >= 4 is 23.3 Å². The van der Waals surface area contributed by atoms with E-state index in [4.69, 9.17) is 4.74 Å². The maximum Gasteiger partial charge on any atom is 0.323 e. The lowest BCUT2D eigenvalue weighted by atomic mass is 10.0. The van der Waals surface area contributed by atoms with Crippen LogP contribution in [0.15, 0.2) is 78.9 Å². The first-order valence-electron chi connectivity index (χ1n) is 13.4. The van der Waals surface area contributed by atoms with Crippen LogP contribution in [-0.2, 0) is 17.8 Å². The maximum absolute atomic E-state index is 13.4. The summed E-state index contributed by atoms with van der Waals surface area (Å²) in [4.78, 5) is 30.0. The Labute approximate surface area is 230 Å². The summed E-state index contributed by atoms with van der Waals surface area (Å²) in [5, 5.41) is 15.5. The van der Waals surface area contributed by atoms with Gasteiger partial charge in [-0.2, -0.15) is 0 Å². The van der Waals surface area contributed by atoms with Gasteiger partial charge in [0.25, 0.3) is 0 Å². The van der Waals surface area contributed by atoms with Crippen LogP contribution in [0.1, 0.15) is 25.0 Å². The molecular formula is C31H38N4O4. The average molecular weight is 531 g/mol. The molecule has 0 aromatic heterocycles. The third-order valence-electron chi connectivity index (χ3n) is 6.99. The Hall–Kier alpha value is -3.88. The predicted octanol–water partition coefficient (Wildman–Crippen LogP) is 4.61. The molecule has 1 aliphatic rings. The molecule has 3 aromatic carbocycles. The SMILES string of the molecule is C[C@H]1CN([C@@H](C)CO)C(=O)Cc2cc(NC(=O)Nc3ccccc3)ccc2O[C@@H]1CN(C)Cc1ccccc1. The summed E-state index contributed by atoms with van der Waals surface area (Å²) in [6, 6.07) is 24.2. The number of benzene rings is 3. The number of amides is 3. The summed E-state index contributed by atoms with van der Waals surface area (Å²) in [5.41, 5.74) is 3.15. The molecule has 0 saturated heterocycles. The van der Waals surface area contributed by atoms with Crippen LogP contribution >= 0.6 is 0 Å². The van der Waals surface area contributed by atoms with E-state index < -0.39 is 0 Å². The topological polar surface area (TPSA) is 94.1 Å². The molecule has 0 spiro atoms. The maximum atomic E-state index is 13.4. The standard InChI is InChI=1S/C31H38N4O4/c1-22-18-35(23(2)21-36)30(37)17-25-16-27(33-31(38)32-26-12-8-5-9-13-26)14-15-28(25)39-29(22)20-34(3)19-24-10-6-4-7-11-24/h4-16,22-23,29,36H,17-21H2,1-3H3,(H2,32,33,38)/t22-,23-,29+/m0/s1. The first kappa shape index (κ1) is 28.1. The first-order valence-corrected chi connectivity index (χ1v) is 13.4. The van der Waals surface area contributed by atoms with Crippen LogP contribution in [0, 0.1) is 5.92 Å². The fraction of sp³-hybridized carbons (Fsp3) is 0.355. The van der Waals surface area contributed by atoms with E-state index >= 15 is 0 Å². The van der Waals surface area contributed by atoms with E-state index in [0.717, 1.165) is 6.54 Å². The molecule has 1 heterocycles. The van der Waals surface area contributed by atoms with Crippen LogP contribution in [-0.4, -0.2) is 65.7 Å². The average Bonchev–Trinajstić information content (AvgIpc) is 2.97. The number of nitrogens with one attached hydrogen (secondary N) is 2. The van der Waals surface area contributed by atoms with Gasteiger partial charge in [0.2, 0.25) is 5.91 Å². The van der Waals surface area contributed by atoms with E-state index in [-0.39, 0.29) is 43.0 Å². The second-order valence-electron chi connectivity index (χ2n) is 10.3. The van der Waals surface area contributed by atoms with Crippen molar-refractivity contribution in [3.8, 4) is 5.75 Å². The second-order valence-corrected chi connectivity index (χ2v) is 10.3. The molecule has 8 nitrogen and oxygen atoms in total. The minimum absolute atomic E-state index is 0.0153. The molecule has 206 valence electrons. The van der Waals surface area contributed by atoms with E-state index in [9.17, 15) is 14.7 Å². The van der Waals surface area contributed by atoms with E-state index in [1.807, 2.05) is 61.5 Å². The van der Waals surface area contributed by atoms with Crippen molar-refractivity contribution in [2.75, 3.05) is 37.4 Å². The molecule has 3 amide bonds. The van der Waals surface area contributed by atoms with Crippen LogP contribution in [0.3, 0.4) is 0 Å². The van der Waals surface area contributed by atoms with Gasteiger partial charge < -0.3 is 25.4 Å². The van der Waals surface area contributed by atoms with Gasteiger partial charge in [0.1, 0.15) is 11.9 Å². The highest BCUT2D eigenvalue weighted by Gasteiger charge is 2.31. The van der Waals surface area contributed by atoms with Gasteiger partial charge in [0.15, 0.2) is 0 Å². The number of hydrogen-bond donors (Lipinski definition) is 3. The lowest BCUT2D eigenvalue weighted by Gasteiger charge is -2.34. The molecular weight excluding hydrogens is 492 g/mol. The number of ether oxygens (including phenoxy) is 1. The summed E-state index contributed by atoms with van der Waals surface area (Å²) in [6.45, 7) is 5.72. The molecule has 0 saturated carbocycles. The lowest BCUT2D eigenvalue weighted by molar-refractivity contribution is -0.134. The van der Waals surface area contributed by atoms with Crippen LogP contribution in [0.2, 0.25) is 0 Å². The molecule has 3 atom stereocenters. The van der Waals surface area contributed by atoms with Crippen molar-refractivity contribution in [1.82, 2.24) is 9.80 Å². The largest absolute Gasteiger partial charge is 0.488 e. The van der Waals surface area contributed by atoms with Crippen molar-refractivity contribution in [2.24, 2.45) is 5.92 Å². The summed E-state index contributed by atoms with van der Waals surface area (Å²) < 4.78 is 6.59. The molecule has 1 aliphatic heterocycles. The van der Waals surface area contributed by atoms with Crippen molar-refractivity contribution in [2.45, 2.75) is 39.0 Å². The summed E-state index contributed by atoms with van der Waals surface area (Å²) >= 11 is 0. The van der Waals surface area contributed by atoms with E-state index in [0.29, 0.717) is 35.8 Å². The van der Waals surface area contributed by atoms with Crippen molar-refractivity contribution in [3.05, 3.63) is 90.0 Å². The lowest BCUT2D eigenvalue weighted by Crippen LogP contribution is -2.47. The molecule has 3 N–H and O–H groups in total. The number of nitrogens with zero attached hydrogens (tertiary/aromatic N) is 2. The number of anilines is 2. The van der Waals surface area contributed by atoms with Gasteiger partial charge in [-0.05, 0) is 49.9 Å². The fourth-order valence-electron chi connectivity index (χ4n) is 4.81. The number of para-hydroxylation sites is 1. The van der Waals surface area contributed by atoms with E-state index in [2.05, 4.69) is 41.6 Å². The Morgan fingerprint density at radius 3 is 2.41 bits per heavy atom. The molecule has 3 aromatic rings. The van der Waals surface area contributed by atoms with Gasteiger partial charge in [-0.15, -0.1) is 0 Å². The molecule has 0 radical (unpaired) electrons. The molecule has 4 rings (SSSR count). The summed E-state index contributed by atoms with van der Waals surface area (Å²) in [7, 11) is 2.06. The third kappa shape index (κ3) is 7.81. The predicted molar refractivity (Wildman–Crippen MR) is 154 cm³/mol. The number of carbonyl (C=O) groups excluding carboxylic acids is 2. The van der Waals surface area contributed by atoms with Crippen LogP contribution < -0.4 is 15.4 Å². The van der Waals surface area contributed by atoms with Crippen LogP contribution in [0.4, 0.5) is 16.2 Å². The highest BCUT2D eigenvalue weighted by Crippen LogP contribution is 2.29. The van der Waals surface area contributed by atoms with Gasteiger partial charge in [-0.25, -0.2) is 4.79 Å². The van der Waals surface area contributed by atoms with E-state index in [1.165, 1.54) is 5.56 Å². The Kier molecular flexibility index (Phi) is 9.57. The Balaban J connectivity index is 1.56. The number of likely N-dealkylation sites (N-methyl/N-ethyl adjacent to an activating group) is 1. The monoisotopic (exact) mass is 530 g/mol. The highest BCUT2D eigenvalue weighted by molar-refractivity contribution is 5.99. The number of urea groups is 1. The zero-order chi connectivity index (χ0) is 27.8. The number of aliphatic hydroxyl groups is 1. The fourth-order valence-corrected chi connectivity index (χ4v) is 4.81. The zero-order valence-electron chi connectivity index (χ0n) is 22.8. The molecule has 0 bridgehead atoms. The molecule has 0 fully saturated rings. The second kappa shape index (κ2) is 13.3. The molecule has 39 heavy (non-hydrogen) atoms. The quantitative estimate of drug-likeness (QED) is 0.395. The summed E-state index contributed by atoms with van der Waals surface area (Å²) in [6.07, 6.45) is -0.0913. The Morgan fingerprint density at radius 2 is 1.72 bits per heavy atom.